The lowest BCUT2D eigenvalue weighted by atomic mass is 10.1. The Morgan fingerprint density at radius 1 is 0.821 bits per heavy atom. The van der Waals surface area contributed by atoms with Gasteiger partial charge in [-0.15, -0.1) is 0 Å². The summed E-state index contributed by atoms with van der Waals surface area (Å²) >= 11 is 0. The number of nitrogens with one attached hydrogen (secondary N) is 2. The summed E-state index contributed by atoms with van der Waals surface area (Å²) in [6, 6.07) is 26.4. The first kappa shape index (κ1) is 19.3. The average Bonchev–Trinajstić information content (AvgIpc) is 2.73. The van der Waals surface area contributed by atoms with Crippen LogP contribution in [0.4, 0.5) is 11.4 Å². The van der Waals surface area contributed by atoms with Crippen LogP contribution >= 0.6 is 0 Å². The van der Waals surface area contributed by atoms with Crippen molar-refractivity contribution in [3.05, 3.63) is 96.1 Å². The van der Waals surface area contributed by atoms with Gasteiger partial charge in [0.1, 0.15) is 6.04 Å². The molecule has 3 aromatic carbocycles. The van der Waals surface area contributed by atoms with Gasteiger partial charge in [-0.3, -0.25) is 9.59 Å². The molecule has 28 heavy (non-hydrogen) atoms. The lowest BCUT2D eigenvalue weighted by Gasteiger charge is -2.13. The standard InChI is InChI=1S/C23H23N3O2/c1-17(18-10-4-2-5-11-18)24-16-22(27)26-21-15-9-8-14-20(21)23(28)25-19-12-6-3-7-13-19/h2-15,17,24H,16H2,1H3,(H,25,28)(H,26,27)/p+1/t17-/m1/s1. The molecular weight excluding hydrogens is 350 g/mol. The van der Waals surface area contributed by atoms with E-state index in [1.807, 2.05) is 66.0 Å². The van der Waals surface area contributed by atoms with Gasteiger partial charge in [0.05, 0.1) is 11.3 Å². The van der Waals surface area contributed by atoms with E-state index in [2.05, 4.69) is 17.6 Å². The SMILES string of the molecule is C[C@@H]([NH2+]CC(=O)Nc1ccccc1C(=O)Nc1ccccc1)c1ccccc1. The van der Waals surface area contributed by atoms with Crippen molar-refractivity contribution in [1.29, 1.82) is 0 Å². The molecule has 3 aromatic rings. The van der Waals surface area contributed by atoms with Crippen molar-refractivity contribution in [2.75, 3.05) is 17.2 Å². The molecular formula is C23H24N3O2+. The molecule has 4 N–H and O–H groups in total. The first-order valence-corrected chi connectivity index (χ1v) is 9.27. The van der Waals surface area contributed by atoms with Crippen LogP contribution in [0, 0.1) is 0 Å². The molecule has 0 fully saturated rings. The molecule has 2 amide bonds. The second-order valence-electron chi connectivity index (χ2n) is 6.55. The van der Waals surface area contributed by atoms with Crippen molar-refractivity contribution >= 4 is 23.2 Å². The van der Waals surface area contributed by atoms with Crippen LogP contribution in [-0.2, 0) is 4.79 Å². The van der Waals surface area contributed by atoms with Crippen molar-refractivity contribution in [3.8, 4) is 0 Å². The molecule has 0 aliphatic heterocycles. The van der Waals surface area contributed by atoms with E-state index >= 15 is 0 Å². The van der Waals surface area contributed by atoms with Crippen LogP contribution < -0.4 is 16.0 Å². The van der Waals surface area contributed by atoms with Crippen LogP contribution in [-0.4, -0.2) is 18.4 Å². The number of carbonyl (C=O) groups is 2. The minimum atomic E-state index is -0.260. The highest BCUT2D eigenvalue weighted by Gasteiger charge is 2.15. The molecule has 0 saturated carbocycles. The van der Waals surface area contributed by atoms with Crippen LogP contribution in [0.5, 0.6) is 0 Å². The first-order valence-electron chi connectivity index (χ1n) is 9.27. The summed E-state index contributed by atoms with van der Waals surface area (Å²) in [6.45, 7) is 2.33. The summed E-state index contributed by atoms with van der Waals surface area (Å²) in [7, 11) is 0. The fourth-order valence-corrected chi connectivity index (χ4v) is 2.89. The molecule has 0 bridgehead atoms. The number of carbonyl (C=O) groups excluding carboxylic acids is 2. The second-order valence-corrected chi connectivity index (χ2v) is 6.55. The zero-order valence-electron chi connectivity index (χ0n) is 15.8. The molecule has 0 radical (unpaired) electrons. The van der Waals surface area contributed by atoms with E-state index in [-0.39, 0.29) is 24.4 Å². The van der Waals surface area contributed by atoms with Gasteiger partial charge < -0.3 is 16.0 Å². The van der Waals surface area contributed by atoms with E-state index in [0.29, 0.717) is 16.9 Å². The Hall–Kier alpha value is -3.44. The molecule has 0 heterocycles. The molecule has 0 spiro atoms. The van der Waals surface area contributed by atoms with Crippen LogP contribution in [0.1, 0.15) is 28.9 Å². The largest absolute Gasteiger partial charge is 0.333 e. The van der Waals surface area contributed by atoms with Crippen LogP contribution in [0.15, 0.2) is 84.9 Å². The lowest BCUT2D eigenvalue weighted by Crippen LogP contribution is -2.86. The van der Waals surface area contributed by atoms with Crippen molar-refractivity contribution < 1.29 is 14.9 Å². The normalized spacial score (nSPS) is 11.5. The minimum Gasteiger partial charge on any atom is -0.333 e. The Bertz CT molecular complexity index is 927. The van der Waals surface area contributed by atoms with Gasteiger partial charge >= 0.3 is 0 Å². The quantitative estimate of drug-likeness (QED) is 0.594. The fraction of sp³-hybridized carbons (Fsp3) is 0.130. The predicted octanol–water partition coefficient (Wildman–Crippen LogP) is 3.20. The molecule has 1 atom stereocenters. The predicted molar refractivity (Wildman–Crippen MR) is 111 cm³/mol. The molecule has 142 valence electrons. The van der Waals surface area contributed by atoms with Crippen molar-refractivity contribution in [1.82, 2.24) is 0 Å². The van der Waals surface area contributed by atoms with Crippen molar-refractivity contribution in [2.45, 2.75) is 13.0 Å². The maximum atomic E-state index is 12.6. The van der Waals surface area contributed by atoms with Gasteiger partial charge in [0.15, 0.2) is 6.54 Å². The number of hydrogen-bond acceptors (Lipinski definition) is 2. The zero-order valence-corrected chi connectivity index (χ0v) is 15.8. The Kier molecular flexibility index (Phi) is 6.54. The molecule has 0 saturated heterocycles. The third-order valence-electron chi connectivity index (χ3n) is 4.46. The highest BCUT2D eigenvalue weighted by molar-refractivity contribution is 6.10. The van der Waals surface area contributed by atoms with Gasteiger partial charge in [-0.25, -0.2) is 0 Å². The summed E-state index contributed by atoms with van der Waals surface area (Å²) < 4.78 is 0. The molecule has 0 aromatic heterocycles. The van der Waals surface area contributed by atoms with Gasteiger partial charge in [-0.1, -0.05) is 60.7 Å². The van der Waals surface area contributed by atoms with E-state index in [0.717, 1.165) is 5.56 Å². The molecule has 0 aliphatic rings. The van der Waals surface area contributed by atoms with E-state index in [1.165, 1.54) is 0 Å². The van der Waals surface area contributed by atoms with E-state index in [4.69, 9.17) is 0 Å². The lowest BCUT2D eigenvalue weighted by molar-refractivity contribution is -0.682. The number of para-hydroxylation sites is 2. The van der Waals surface area contributed by atoms with Crippen LogP contribution in [0.2, 0.25) is 0 Å². The monoisotopic (exact) mass is 374 g/mol. The van der Waals surface area contributed by atoms with Gasteiger partial charge in [0.25, 0.3) is 11.8 Å². The Morgan fingerprint density at radius 3 is 2.14 bits per heavy atom. The van der Waals surface area contributed by atoms with E-state index in [1.54, 1.807) is 24.3 Å². The summed E-state index contributed by atoms with van der Waals surface area (Å²) in [5.41, 5.74) is 2.80. The molecule has 3 rings (SSSR count). The van der Waals surface area contributed by atoms with E-state index in [9.17, 15) is 9.59 Å². The number of benzene rings is 3. The molecule has 5 nitrogen and oxygen atoms in total. The summed E-state index contributed by atoms with van der Waals surface area (Å²) in [4.78, 5) is 25.0. The zero-order chi connectivity index (χ0) is 19.8. The van der Waals surface area contributed by atoms with Crippen LogP contribution in [0.25, 0.3) is 0 Å². The summed E-state index contributed by atoms with van der Waals surface area (Å²) in [5.74, 6) is -0.411. The first-order chi connectivity index (χ1) is 13.6. The summed E-state index contributed by atoms with van der Waals surface area (Å²) in [6.07, 6.45) is 0. The van der Waals surface area contributed by atoms with Crippen LogP contribution in [0.3, 0.4) is 0 Å². The van der Waals surface area contributed by atoms with Gasteiger partial charge in [-0.2, -0.15) is 0 Å². The second kappa shape index (κ2) is 9.48. The van der Waals surface area contributed by atoms with Crippen molar-refractivity contribution in [3.63, 3.8) is 0 Å². The van der Waals surface area contributed by atoms with E-state index < -0.39 is 0 Å². The number of anilines is 2. The minimum absolute atomic E-state index is 0.150. The summed E-state index contributed by atoms with van der Waals surface area (Å²) in [5, 5.41) is 7.67. The Labute approximate surface area is 164 Å². The fourth-order valence-electron chi connectivity index (χ4n) is 2.89. The highest BCUT2D eigenvalue weighted by Crippen LogP contribution is 2.17. The third kappa shape index (κ3) is 5.28. The van der Waals surface area contributed by atoms with Gasteiger partial charge in [-0.05, 0) is 31.2 Å². The number of rotatable bonds is 7. The van der Waals surface area contributed by atoms with Gasteiger partial charge in [0, 0.05) is 11.3 Å². The maximum Gasteiger partial charge on any atom is 0.279 e. The Morgan fingerprint density at radius 2 is 1.43 bits per heavy atom. The Balaban J connectivity index is 1.61. The number of quaternary nitrogens is 1. The number of hydrogen-bond donors (Lipinski definition) is 3. The molecule has 5 heteroatoms. The topological polar surface area (TPSA) is 74.8 Å². The molecule has 0 aliphatic carbocycles. The maximum absolute atomic E-state index is 12.6. The molecule has 0 unspecified atom stereocenters. The van der Waals surface area contributed by atoms with Crippen molar-refractivity contribution in [2.24, 2.45) is 0 Å². The number of amides is 2. The third-order valence-corrected chi connectivity index (χ3v) is 4.46. The smallest absolute Gasteiger partial charge is 0.279 e. The highest BCUT2D eigenvalue weighted by atomic mass is 16.2. The average molecular weight is 374 g/mol. The number of nitrogens with two attached hydrogens (primary N) is 1. The van der Waals surface area contributed by atoms with Gasteiger partial charge in [0.2, 0.25) is 0 Å².